The topological polar surface area (TPSA) is 134 Å². The lowest BCUT2D eigenvalue weighted by atomic mass is 10.0. The molecule has 0 bridgehead atoms. The van der Waals surface area contributed by atoms with E-state index >= 15 is 0 Å². The minimum absolute atomic E-state index is 0.176. The molecule has 0 saturated carbocycles. The van der Waals surface area contributed by atoms with Crippen LogP contribution in [0.1, 0.15) is 0 Å². The fourth-order valence-electron chi connectivity index (χ4n) is 15.6. The van der Waals surface area contributed by atoms with Gasteiger partial charge >= 0.3 is 0 Å². The monoisotopic (exact) mass is 1520 g/mol. The van der Waals surface area contributed by atoms with Gasteiger partial charge in [-0.25, -0.2) is 19.9 Å². The number of para-hydroxylation sites is 4. The number of fused-ring (bicyclic) bond motifs is 8. The molecule has 12 nitrogen and oxygen atoms in total. The highest BCUT2D eigenvalue weighted by Crippen LogP contribution is 2.41. The van der Waals surface area contributed by atoms with E-state index in [4.69, 9.17) is 41.5 Å². The first-order valence-corrected chi connectivity index (χ1v) is 39.2. The number of aromatic amines is 1. The first-order chi connectivity index (χ1) is 57.9. The zero-order valence-corrected chi connectivity index (χ0v) is 63.8. The number of aromatic nitrogens is 12. The van der Waals surface area contributed by atoms with Crippen molar-refractivity contribution in [3.05, 3.63) is 418 Å². The van der Waals surface area contributed by atoms with Crippen molar-refractivity contribution < 1.29 is 0 Å². The molecule has 0 aliphatic rings. The van der Waals surface area contributed by atoms with Gasteiger partial charge in [-0.2, -0.15) is 19.9 Å². The molecule has 6 aromatic heterocycles. The summed E-state index contributed by atoms with van der Waals surface area (Å²) in [7, 11) is 0. The van der Waals surface area contributed by atoms with Crippen molar-refractivity contribution >= 4 is 77.3 Å². The van der Waals surface area contributed by atoms with E-state index in [0.717, 1.165) is 156 Å². The van der Waals surface area contributed by atoms with Crippen LogP contribution >= 0.6 is 11.6 Å². The van der Waals surface area contributed by atoms with Crippen molar-refractivity contribution in [2.24, 2.45) is 0 Å². The number of imidazole rings is 2. The van der Waals surface area contributed by atoms with Crippen molar-refractivity contribution in [3.63, 3.8) is 0 Å². The van der Waals surface area contributed by atoms with Gasteiger partial charge in [-0.05, 0) is 141 Å². The molecule has 13 heteroatoms. The number of benzene rings is 16. The molecule has 0 aliphatic carbocycles. The number of hydrogen-bond acceptors (Lipinski definition) is 8. The fraction of sp³-hybridized carbons (Fsp3) is 0. The van der Waals surface area contributed by atoms with Crippen LogP contribution in [0.15, 0.2) is 413 Å². The van der Waals surface area contributed by atoms with Crippen molar-refractivity contribution in [1.82, 2.24) is 58.6 Å². The average molecular weight is 1520 g/mol. The standard InChI is InChI=1S/C52H34N6.C27H18ClN3.C25H17N3/c1-5-17-35(18-6-1)38-23-15-25-40(31-38)49-54-50(41-26-16-24-39(32-41)36-19-7-2-8-20-36)56-52(55-49)58-46-30-14-13-29-43(46)44-33-48-45(34-47(44)58)53-51(37-21-9-3-10-22-37)57(48)42-27-11-4-12-28-42;28-27-30-25(23-15-7-13-21(17-23)19-9-3-1-4-10-19)29-26(31-27)24-16-8-14-22(18-24)20-11-5-2-6-12-20;1-3-9-17(10-4-1)25-27-23-16-22-20(19-13-7-8-14-21(19)26-22)15-24(23)28(25)18-11-5-2-6-12-18/h1-34H;1-18H;1-16,26H. The van der Waals surface area contributed by atoms with Gasteiger partial charge in [-0.1, -0.05) is 328 Å². The van der Waals surface area contributed by atoms with Gasteiger partial charge in [0.25, 0.3) is 0 Å². The predicted molar refractivity (Wildman–Crippen MR) is 478 cm³/mol. The molecule has 1 N–H and O–H groups in total. The molecule has 552 valence electrons. The molecule has 22 rings (SSSR count). The van der Waals surface area contributed by atoms with Crippen LogP contribution in [-0.4, -0.2) is 58.6 Å². The van der Waals surface area contributed by atoms with Crippen molar-refractivity contribution in [1.29, 1.82) is 0 Å². The molecule has 0 amide bonds. The zero-order valence-electron chi connectivity index (χ0n) is 63.1. The summed E-state index contributed by atoms with van der Waals surface area (Å²) in [5.41, 5.74) is 25.1. The summed E-state index contributed by atoms with van der Waals surface area (Å²) in [5.74, 6) is 4.66. The van der Waals surface area contributed by atoms with E-state index in [2.05, 4.69) is 344 Å². The van der Waals surface area contributed by atoms with Gasteiger partial charge in [0.05, 0.1) is 33.1 Å². The quantitative estimate of drug-likeness (QED) is 0.121. The van der Waals surface area contributed by atoms with Crippen molar-refractivity contribution in [2.45, 2.75) is 0 Å². The minimum atomic E-state index is 0.176. The number of H-pyrrole nitrogens is 1. The van der Waals surface area contributed by atoms with E-state index in [1.807, 2.05) is 97.1 Å². The second kappa shape index (κ2) is 31.2. The average Bonchev–Trinajstić information content (AvgIpc) is 1.57. The number of halogens is 1. The molecule has 0 spiro atoms. The molecule has 0 aliphatic heterocycles. The summed E-state index contributed by atoms with van der Waals surface area (Å²) < 4.78 is 6.69. The van der Waals surface area contributed by atoms with Gasteiger partial charge < -0.3 is 4.98 Å². The fourth-order valence-corrected chi connectivity index (χ4v) is 15.8. The highest BCUT2D eigenvalue weighted by Gasteiger charge is 2.24. The maximum atomic E-state index is 6.30. The lowest BCUT2D eigenvalue weighted by Gasteiger charge is -2.12. The van der Waals surface area contributed by atoms with Gasteiger partial charge in [0.15, 0.2) is 23.3 Å². The zero-order chi connectivity index (χ0) is 78.0. The molecule has 117 heavy (non-hydrogen) atoms. The molecule has 0 unspecified atom stereocenters. The van der Waals surface area contributed by atoms with Crippen LogP contribution < -0.4 is 0 Å². The maximum absolute atomic E-state index is 6.30. The van der Waals surface area contributed by atoms with Crippen LogP contribution in [0, 0.1) is 0 Å². The summed E-state index contributed by atoms with van der Waals surface area (Å²) >= 11 is 6.30. The Morgan fingerprint density at radius 3 is 0.940 bits per heavy atom. The molecule has 22 aromatic rings. The van der Waals surface area contributed by atoms with E-state index in [-0.39, 0.29) is 5.28 Å². The Labute approximate surface area is 679 Å². The number of nitrogens with zero attached hydrogens (tertiary/aromatic N) is 11. The van der Waals surface area contributed by atoms with E-state index in [0.29, 0.717) is 29.2 Å². The van der Waals surface area contributed by atoms with Gasteiger partial charge in [-0.15, -0.1) is 0 Å². The van der Waals surface area contributed by atoms with Crippen LogP contribution in [0.4, 0.5) is 0 Å². The van der Waals surface area contributed by atoms with Crippen LogP contribution in [0.3, 0.4) is 0 Å². The molecule has 16 aromatic carbocycles. The first kappa shape index (κ1) is 70.5. The largest absolute Gasteiger partial charge is 0.354 e. The molecular formula is C104H69ClN12. The van der Waals surface area contributed by atoms with Crippen molar-refractivity contribution in [3.8, 4) is 130 Å². The predicted octanol–water partition coefficient (Wildman–Crippen LogP) is 26.2. The molecule has 6 heterocycles. The minimum Gasteiger partial charge on any atom is -0.354 e. The number of nitrogens with one attached hydrogen (secondary N) is 1. The highest BCUT2D eigenvalue weighted by molar-refractivity contribution is 6.28. The normalized spacial score (nSPS) is 11.3. The third-order valence-electron chi connectivity index (χ3n) is 21.2. The molecule has 0 radical (unpaired) electrons. The molecule has 0 atom stereocenters. The summed E-state index contributed by atoms with van der Waals surface area (Å²) in [6, 6.07) is 142. The Morgan fingerprint density at radius 1 is 0.197 bits per heavy atom. The number of rotatable bonds is 13. The number of hydrogen-bond donors (Lipinski definition) is 1. The van der Waals surface area contributed by atoms with E-state index < -0.39 is 0 Å². The van der Waals surface area contributed by atoms with E-state index in [9.17, 15) is 0 Å². The molecule has 0 fully saturated rings. The summed E-state index contributed by atoms with van der Waals surface area (Å²) in [6.07, 6.45) is 0. The second-order valence-electron chi connectivity index (χ2n) is 28.5. The maximum Gasteiger partial charge on any atom is 0.238 e. The van der Waals surface area contributed by atoms with Crippen LogP contribution in [0.25, 0.3) is 196 Å². The third kappa shape index (κ3) is 14.1. The second-order valence-corrected chi connectivity index (χ2v) is 28.9. The van der Waals surface area contributed by atoms with Gasteiger partial charge in [0.1, 0.15) is 11.6 Å². The van der Waals surface area contributed by atoms with Gasteiger partial charge in [0, 0.05) is 77.3 Å². The third-order valence-corrected chi connectivity index (χ3v) is 21.3. The smallest absolute Gasteiger partial charge is 0.238 e. The van der Waals surface area contributed by atoms with E-state index in [1.54, 1.807) is 0 Å². The Morgan fingerprint density at radius 2 is 0.521 bits per heavy atom. The van der Waals surface area contributed by atoms with Gasteiger partial charge in [0.2, 0.25) is 11.2 Å². The Balaban J connectivity index is 0.000000125. The first-order valence-electron chi connectivity index (χ1n) is 38.8. The summed E-state index contributed by atoms with van der Waals surface area (Å²) in [4.78, 5) is 43.2. The Kier molecular flexibility index (Phi) is 18.8. The lowest BCUT2D eigenvalue weighted by molar-refractivity contribution is 0.954. The van der Waals surface area contributed by atoms with Crippen molar-refractivity contribution in [2.75, 3.05) is 0 Å². The lowest BCUT2D eigenvalue weighted by Crippen LogP contribution is -2.06. The SMILES string of the molecule is Clc1nc(-c2cccc(-c3ccccc3)c2)nc(-c2cccc(-c3ccccc3)c2)n1.c1ccc(-c2cccc(-c3nc(-c4cccc(-c5ccccc5)c4)nc(-n4c5ccccc5c5cc6c(cc54)nc(-c4ccccc4)n6-c4ccccc4)n3)c2)cc1.c1ccc(-c2nc3cc4[nH]c5ccccc5c4cc3n2-c2ccccc2)cc1. The summed E-state index contributed by atoms with van der Waals surface area (Å²) in [5, 5.41) is 4.82. The van der Waals surface area contributed by atoms with Crippen LogP contribution in [0.2, 0.25) is 5.28 Å². The molecule has 0 saturated heterocycles. The Hall–Kier alpha value is -15.6. The van der Waals surface area contributed by atoms with Crippen LogP contribution in [0.5, 0.6) is 0 Å². The highest BCUT2D eigenvalue weighted by atomic mass is 35.5. The van der Waals surface area contributed by atoms with Gasteiger partial charge in [-0.3, -0.25) is 13.7 Å². The van der Waals surface area contributed by atoms with Crippen LogP contribution in [-0.2, 0) is 0 Å². The van der Waals surface area contributed by atoms with E-state index in [1.165, 1.54) is 10.8 Å². The Bertz CT molecular complexity index is 7160. The molecular weight excluding hydrogens is 1450 g/mol. The summed E-state index contributed by atoms with van der Waals surface area (Å²) in [6.45, 7) is 0.